The fourth-order valence-electron chi connectivity index (χ4n) is 2.31. The summed E-state index contributed by atoms with van der Waals surface area (Å²) in [6.45, 7) is 3.45. The van der Waals surface area contributed by atoms with Crippen LogP contribution in [0.3, 0.4) is 0 Å². The highest BCUT2D eigenvalue weighted by Crippen LogP contribution is 2.15. The summed E-state index contributed by atoms with van der Waals surface area (Å²) in [7, 11) is 2.12. The summed E-state index contributed by atoms with van der Waals surface area (Å²) in [5, 5.41) is 7.06. The molecule has 1 aliphatic heterocycles. The van der Waals surface area contributed by atoms with Crippen LogP contribution in [0.4, 0.5) is 5.69 Å². The van der Waals surface area contributed by atoms with E-state index < -0.39 is 0 Å². The number of nitrogens with one attached hydrogen (secondary N) is 1. The monoisotopic (exact) mass is 251 g/mol. The maximum atomic E-state index is 11.9. The summed E-state index contributed by atoms with van der Waals surface area (Å²) in [4.78, 5) is 14.2. The van der Waals surface area contributed by atoms with Crippen LogP contribution in [0.5, 0.6) is 0 Å². The third-order valence-corrected chi connectivity index (χ3v) is 3.53. The molecule has 6 heteroatoms. The molecule has 0 saturated carbocycles. The van der Waals surface area contributed by atoms with Crippen LogP contribution in [-0.2, 0) is 11.3 Å². The maximum absolute atomic E-state index is 11.9. The molecule has 1 aromatic heterocycles. The third-order valence-electron chi connectivity index (χ3n) is 3.53. The number of nitrogens with zero attached hydrogens (tertiary/aromatic N) is 3. The number of nitrogen functional groups attached to an aromatic ring is 1. The van der Waals surface area contributed by atoms with Gasteiger partial charge in [-0.1, -0.05) is 0 Å². The number of rotatable bonds is 3. The summed E-state index contributed by atoms with van der Waals surface area (Å²) in [5.74, 6) is -0.000136. The average molecular weight is 251 g/mol. The predicted octanol–water partition coefficient (Wildman–Crippen LogP) is 0.0642. The van der Waals surface area contributed by atoms with E-state index in [0.29, 0.717) is 11.7 Å². The number of carbonyl (C=O) groups is 1. The number of nitrogens with two attached hydrogens (primary N) is 1. The van der Waals surface area contributed by atoms with Gasteiger partial charge in [-0.3, -0.25) is 9.48 Å². The molecule has 1 fully saturated rings. The predicted molar refractivity (Wildman–Crippen MR) is 69.9 cm³/mol. The molecule has 3 N–H and O–H groups in total. The van der Waals surface area contributed by atoms with Gasteiger partial charge in [0.15, 0.2) is 0 Å². The molecule has 2 heterocycles. The second-order valence-electron chi connectivity index (χ2n) is 5.09. The van der Waals surface area contributed by atoms with Crippen LogP contribution in [0.25, 0.3) is 0 Å². The minimum atomic E-state index is -0.000136. The first-order chi connectivity index (χ1) is 8.54. The van der Waals surface area contributed by atoms with Gasteiger partial charge in [0.1, 0.15) is 6.54 Å². The van der Waals surface area contributed by atoms with Gasteiger partial charge in [0.2, 0.25) is 5.91 Å². The molecule has 2 unspecified atom stereocenters. The zero-order chi connectivity index (χ0) is 13.1. The van der Waals surface area contributed by atoms with Crippen LogP contribution < -0.4 is 11.1 Å². The van der Waals surface area contributed by atoms with Crippen LogP contribution in [0, 0.1) is 0 Å². The second-order valence-corrected chi connectivity index (χ2v) is 5.09. The van der Waals surface area contributed by atoms with Crippen molar-refractivity contribution in [2.75, 3.05) is 19.3 Å². The molecule has 1 saturated heterocycles. The van der Waals surface area contributed by atoms with Crippen molar-refractivity contribution in [1.82, 2.24) is 20.0 Å². The lowest BCUT2D eigenvalue weighted by atomic mass is 9.99. The first-order valence-corrected chi connectivity index (χ1v) is 6.32. The maximum Gasteiger partial charge on any atom is 0.241 e. The van der Waals surface area contributed by atoms with Gasteiger partial charge < -0.3 is 16.0 Å². The first-order valence-electron chi connectivity index (χ1n) is 6.32. The SMILES string of the molecule is CC1CC(NC(=O)Cn2cc(N)cn2)CCN1C. The van der Waals surface area contributed by atoms with Crippen molar-refractivity contribution in [3.63, 3.8) is 0 Å². The Morgan fingerprint density at radius 1 is 1.67 bits per heavy atom. The Balaban J connectivity index is 1.81. The van der Waals surface area contributed by atoms with Gasteiger partial charge >= 0.3 is 0 Å². The molecule has 6 nitrogen and oxygen atoms in total. The molecular weight excluding hydrogens is 230 g/mol. The summed E-state index contributed by atoms with van der Waals surface area (Å²) in [5.41, 5.74) is 6.13. The number of likely N-dealkylation sites (tertiary alicyclic amines) is 1. The zero-order valence-corrected chi connectivity index (χ0v) is 11.0. The van der Waals surface area contributed by atoms with Crippen LogP contribution in [0.1, 0.15) is 19.8 Å². The molecule has 0 spiro atoms. The van der Waals surface area contributed by atoms with Crippen molar-refractivity contribution in [1.29, 1.82) is 0 Å². The lowest BCUT2D eigenvalue weighted by molar-refractivity contribution is -0.123. The van der Waals surface area contributed by atoms with Crippen molar-refractivity contribution in [3.8, 4) is 0 Å². The quantitative estimate of drug-likeness (QED) is 0.796. The highest BCUT2D eigenvalue weighted by Gasteiger charge is 2.23. The molecule has 100 valence electrons. The molecular formula is C12H21N5O. The largest absolute Gasteiger partial charge is 0.396 e. The smallest absolute Gasteiger partial charge is 0.241 e. The fraction of sp³-hybridized carbons (Fsp3) is 0.667. The number of piperidine rings is 1. The van der Waals surface area contributed by atoms with Crippen LogP contribution >= 0.6 is 0 Å². The van der Waals surface area contributed by atoms with E-state index >= 15 is 0 Å². The minimum Gasteiger partial charge on any atom is -0.396 e. The Kier molecular flexibility index (Phi) is 3.86. The number of hydrogen-bond donors (Lipinski definition) is 2. The summed E-state index contributed by atoms with van der Waals surface area (Å²) in [6, 6.07) is 0.793. The number of aromatic nitrogens is 2. The van der Waals surface area contributed by atoms with E-state index in [-0.39, 0.29) is 18.5 Å². The third kappa shape index (κ3) is 3.22. The topological polar surface area (TPSA) is 76.2 Å². The van der Waals surface area contributed by atoms with Gasteiger partial charge in [-0.05, 0) is 26.8 Å². The molecule has 0 aliphatic carbocycles. The van der Waals surface area contributed by atoms with E-state index in [2.05, 4.69) is 29.3 Å². The average Bonchev–Trinajstić information content (AvgIpc) is 2.69. The molecule has 2 rings (SSSR count). The van der Waals surface area contributed by atoms with Gasteiger partial charge in [-0.25, -0.2) is 0 Å². The Morgan fingerprint density at radius 2 is 2.44 bits per heavy atom. The molecule has 0 aromatic carbocycles. The van der Waals surface area contributed by atoms with Gasteiger partial charge in [0.05, 0.1) is 11.9 Å². The Bertz CT molecular complexity index is 416. The summed E-state index contributed by atoms with van der Waals surface area (Å²) >= 11 is 0. The van der Waals surface area contributed by atoms with Crippen molar-refractivity contribution >= 4 is 11.6 Å². The van der Waals surface area contributed by atoms with Crippen molar-refractivity contribution in [3.05, 3.63) is 12.4 Å². The molecule has 2 atom stereocenters. The molecule has 0 radical (unpaired) electrons. The van der Waals surface area contributed by atoms with Crippen molar-refractivity contribution in [2.45, 2.75) is 38.4 Å². The highest BCUT2D eigenvalue weighted by molar-refractivity contribution is 5.76. The van der Waals surface area contributed by atoms with E-state index in [4.69, 9.17) is 5.73 Å². The van der Waals surface area contributed by atoms with E-state index in [1.807, 2.05) is 0 Å². The van der Waals surface area contributed by atoms with E-state index in [9.17, 15) is 4.79 Å². The molecule has 1 amide bonds. The van der Waals surface area contributed by atoms with Gasteiger partial charge in [0, 0.05) is 24.8 Å². The first kappa shape index (κ1) is 12.9. The second kappa shape index (κ2) is 5.39. The van der Waals surface area contributed by atoms with E-state index in [0.717, 1.165) is 19.4 Å². The van der Waals surface area contributed by atoms with Gasteiger partial charge in [-0.15, -0.1) is 0 Å². The zero-order valence-electron chi connectivity index (χ0n) is 11.0. The summed E-state index contributed by atoms with van der Waals surface area (Å²) in [6.07, 6.45) is 5.22. The fourth-order valence-corrected chi connectivity index (χ4v) is 2.31. The summed E-state index contributed by atoms with van der Waals surface area (Å²) < 4.78 is 1.56. The van der Waals surface area contributed by atoms with Gasteiger partial charge in [-0.2, -0.15) is 5.10 Å². The van der Waals surface area contributed by atoms with Crippen molar-refractivity contribution < 1.29 is 4.79 Å². The molecule has 18 heavy (non-hydrogen) atoms. The standard InChI is InChI=1S/C12H21N5O/c1-9-5-11(3-4-16(9)2)15-12(18)8-17-7-10(13)6-14-17/h6-7,9,11H,3-5,8,13H2,1-2H3,(H,15,18). The van der Waals surface area contributed by atoms with Crippen LogP contribution in [0.15, 0.2) is 12.4 Å². The lowest BCUT2D eigenvalue weighted by Crippen LogP contribution is -2.48. The number of anilines is 1. The normalized spacial score (nSPS) is 25.0. The lowest BCUT2D eigenvalue weighted by Gasteiger charge is -2.35. The minimum absolute atomic E-state index is 0.000136. The van der Waals surface area contributed by atoms with Crippen LogP contribution in [0.2, 0.25) is 0 Å². The Labute approximate surface area is 107 Å². The molecule has 0 bridgehead atoms. The highest BCUT2D eigenvalue weighted by atomic mass is 16.2. The number of amides is 1. The number of hydrogen-bond acceptors (Lipinski definition) is 4. The molecule has 1 aliphatic rings. The number of carbonyl (C=O) groups excluding carboxylic acids is 1. The van der Waals surface area contributed by atoms with E-state index in [1.165, 1.54) is 0 Å². The van der Waals surface area contributed by atoms with Gasteiger partial charge in [0.25, 0.3) is 0 Å². The van der Waals surface area contributed by atoms with E-state index in [1.54, 1.807) is 17.1 Å². The van der Waals surface area contributed by atoms with Crippen LogP contribution in [-0.4, -0.2) is 46.3 Å². The molecule has 1 aromatic rings. The Morgan fingerprint density at radius 3 is 3.06 bits per heavy atom. The Hall–Kier alpha value is -1.56. The van der Waals surface area contributed by atoms with Crippen molar-refractivity contribution in [2.24, 2.45) is 0 Å².